The molecule has 1 heterocycles. The Morgan fingerprint density at radius 3 is 2.33 bits per heavy atom. The van der Waals surface area contributed by atoms with E-state index < -0.39 is 11.5 Å². The molecule has 0 aliphatic rings. The lowest BCUT2D eigenvalue weighted by molar-refractivity contribution is -0.146. The fourth-order valence-corrected chi connectivity index (χ4v) is 2.15. The number of carboxylic acid groups (broad SMARTS) is 1. The summed E-state index contributed by atoms with van der Waals surface area (Å²) in [5.41, 5.74) is 0.608. The molecule has 6 nitrogen and oxygen atoms in total. The molecule has 0 fully saturated rings. The summed E-state index contributed by atoms with van der Waals surface area (Å²) < 4.78 is 1.36. The van der Waals surface area contributed by atoms with Gasteiger partial charge in [-0.15, -0.1) is 5.10 Å². The molecule has 1 N–H and O–H groups in total. The van der Waals surface area contributed by atoms with Crippen LogP contribution in [0.4, 0.5) is 0 Å². The summed E-state index contributed by atoms with van der Waals surface area (Å²) in [6.45, 7) is 9.46. The maximum Gasteiger partial charge on any atom is 0.331 e. The number of hydrogen-bond acceptors (Lipinski definition) is 4. The minimum absolute atomic E-state index is 0.0965. The van der Waals surface area contributed by atoms with Gasteiger partial charge in [0.15, 0.2) is 11.4 Å². The second-order valence-corrected chi connectivity index (χ2v) is 6.57. The van der Waals surface area contributed by atoms with Crippen molar-refractivity contribution in [3.8, 4) is 11.4 Å². The summed E-state index contributed by atoms with van der Waals surface area (Å²) in [4.78, 5) is 11.5. The topological polar surface area (TPSA) is 80.9 Å². The fourth-order valence-electron chi connectivity index (χ4n) is 2.15. The Labute approximate surface area is 123 Å². The Morgan fingerprint density at radius 2 is 1.76 bits per heavy atom. The van der Waals surface area contributed by atoms with E-state index in [1.165, 1.54) is 4.68 Å². The normalized spacial score (nSPS) is 12.4. The molecule has 2 aromatic rings. The van der Waals surface area contributed by atoms with Crippen LogP contribution in [0.15, 0.2) is 24.3 Å². The van der Waals surface area contributed by atoms with Crippen LogP contribution in [0.5, 0.6) is 0 Å². The van der Waals surface area contributed by atoms with Crippen LogP contribution in [0, 0.1) is 0 Å². The predicted molar refractivity (Wildman–Crippen MR) is 78.9 cm³/mol. The largest absolute Gasteiger partial charge is 0.479 e. The summed E-state index contributed by atoms with van der Waals surface area (Å²) in [5, 5.41) is 21.0. The molecule has 0 bridgehead atoms. The number of carboxylic acids is 1. The van der Waals surface area contributed by atoms with Crippen molar-refractivity contribution >= 4 is 5.97 Å². The summed E-state index contributed by atoms with van der Waals surface area (Å²) in [6.07, 6.45) is 0. The third-order valence-corrected chi connectivity index (χ3v) is 3.50. The van der Waals surface area contributed by atoms with Crippen molar-refractivity contribution in [2.75, 3.05) is 0 Å². The summed E-state index contributed by atoms with van der Waals surface area (Å²) in [5.74, 6) is -0.516. The molecule has 0 unspecified atom stereocenters. The van der Waals surface area contributed by atoms with Crippen molar-refractivity contribution in [2.45, 2.75) is 45.6 Å². The molecular weight excluding hydrogens is 268 g/mol. The van der Waals surface area contributed by atoms with Crippen molar-refractivity contribution < 1.29 is 9.90 Å². The second kappa shape index (κ2) is 4.95. The summed E-state index contributed by atoms with van der Waals surface area (Å²) in [6, 6.07) is 7.79. The number of aliphatic carboxylic acids is 1. The maximum atomic E-state index is 11.5. The van der Waals surface area contributed by atoms with Gasteiger partial charge in [-0.1, -0.05) is 45.0 Å². The first-order valence-electron chi connectivity index (χ1n) is 6.78. The number of rotatable bonds is 3. The number of nitrogens with zero attached hydrogens (tertiary/aromatic N) is 4. The number of aromatic nitrogens is 4. The maximum absolute atomic E-state index is 11.5. The van der Waals surface area contributed by atoms with Crippen molar-refractivity contribution in [1.82, 2.24) is 20.2 Å². The van der Waals surface area contributed by atoms with Gasteiger partial charge in [-0.05, 0) is 35.3 Å². The minimum Gasteiger partial charge on any atom is -0.479 e. The van der Waals surface area contributed by atoms with Gasteiger partial charge < -0.3 is 5.11 Å². The zero-order valence-electron chi connectivity index (χ0n) is 13.0. The van der Waals surface area contributed by atoms with Gasteiger partial charge >= 0.3 is 5.97 Å². The molecular formula is C15H20N4O2. The molecule has 21 heavy (non-hydrogen) atoms. The van der Waals surface area contributed by atoms with Gasteiger partial charge in [0.25, 0.3) is 0 Å². The fraction of sp³-hybridized carbons (Fsp3) is 0.467. The van der Waals surface area contributed by atoms with E-state index in [0.29, 0.717) is 5.82 Å². The van der Waals surface area contributed by atoms with E-state index in [1.54, 1.807) is 13.8 Å². The summed E-state index contributed by atoms with van der Waals surface area (Å²) >= 11 is 0. The Kier molecular flexibility index (Phi) is 3.57. The van der Waals surface area contributed by atoms with E-state index in [1.807, 2.05) is 24.3 Å². The zero-order chi connectivity index (χ0) is 15.8. The van der Waals surface area contributed by atoms with Gasteiger partial charge in [0.2, 0.25) is 0 Å². The van der Waals surface area contributed by atoms with Crippen LogP contribution < -0.4 is 0 Å². The third kappa shape index (κ3) is 2.66. The molecule has 112 valence electrons. The van der Waals surface area contributed by atoms with Gasteiger partial charge in [0.05, 0.1) is 0 Å². The highest BCUT2D eigenvalue weighted by molar-refractivity contribution is 5.76. The van der Waals surface area contributed by atoms with Crippen molar-refractivity contribution in [2.24, 2.45) is 0 Å². The van der Waals surface area contributed by atoms with Crippen LogP contribution in [0.2, 0.25) is 0 Å². The van der Waals surface area contributed by atoms with Gasteiger partial charge in [0, 0.05) is 5.56 Å². The van der Waals surface area contributed by atoms with E-state index in [4.69, 9.17) is 0 Å². The van der Waals surface area contributed by atoms with E-state index in [9.17, 15) is 9.90 Å². The standard InChI is InChI=1S/C15H20N4O2/c1-14(2,3)11-9-7-6-8-10(11)12-16-17-18-19(12)15(4,5)13(20)21/h6-9H,1-5H3,(H,20,21). The molecule has 0 atom stereocenters. The smallest absolute Gasteiger partial charge is 0.331 e. The number of benzene rings is 1. The van der Waals surface area contributed by atoms with Crippen LogP contribution in [0.25, 0.3) is 11.4 Å². The number of hydrogen-bond donors (Lipinski definition) is 1. The molecule has 0 saturated heterocycles. The van der Waals surface area contributed by atoms with Crippen LogP contribution in [0.1, 0.15) is 40.2 Å². The highest BCUT2D eigenvalue weighted by atomic mass is 16.4. The van der Waals surface area contributed by atoms with E-state index >= 15 is 0 Å². The lowest BCUT2D eigenvalue weighted by atomic mass is 9.83. The van der Waals surface area contributed by atoms with Crippen LogP contribution in [-0.2, 0) is 15.7 Å². The molecule has 1 aromatic heterocycles. The molecule has 0 aliphatic carbocycles. The molecule has 0 spiro atoms. The Morgan fingerprint density at radius 1 is 1.14 bits per heavy atom. The minimum atomic E-state index is -1.22. The SMILES string of the molecule is CC(C)(C)c1ccccc1-c1nnnn1C(C)(C)C(=O)O. The molecule has 6 heteroatoms. The third-order valence-electron chi connectivity index (χ3n) is 3.50. The Hall–Kier alpha value is -2.24. The molecule has 0 amide bonds. The van der Waals surface area contributed by atoms with Gasteiger partial charge in [-0.25, -0.2) is 9.48 Å². The average Bonchev–Trinajstić information content (AvgIpc) is 2.87. The first kappa shape index (κ1) is 15.2. The van der Waals surface area contributed by atoms with Crippen molar-refractivity contribution in [3.63, 3.8) is 0 Å². The molecule has 0 radical (unpaired) electrons. The lowest BCUT2D eigenvalue weighted by Crippen LogP contribution is -2.37. The van der Waals surface area contributed by atoms with Crippen molar-refractivity contribution in [3.05, 3.63) is 29.8 Å². The highest BCUT2D eigenvalue weighted by Crippen LogP contribution is 2.33. The van der Waals surface area contributed by atoms with Crippen LogP contribution in [-0.4, -0.2) is 31.3 Å². The first-order chi connectivity index (χ1) is 9.65. The Balaban J connectivity index is 2.67. The molecule has 0 aliphatic heterocycles. The summed E-state index contributed by atoms with van der Waals surface area (Å²) in [7, 11) is 0. The number of tetrazole rings is 1. The average molecular weight is 288 g/mol. The molecule has 1 aromatic carbocycles. The van der Waals surface area contributed by atoms with E-state index in [-0.39, 0.29) is 5.41 Å². The monoisotopic (exact) mass is 288 g/mol. The van der Waals surface area contributed by atoms with Crippen LogP contribution in [0.3, 0.4) is 0 Å². The lowest BCUT2D eigenvalue weighted by Gasteiger charge is -2.25. The molecule has 2 rings (SSSR count). The number of carbonyl (C=O) groups is 1. The van der Waals surface area contributed by atoms with Crippen molar-refractivity contribution in [1.29, 1.82) is 0 Å². The van der Waals surface area contributed by atoms with Crippen LogP contribution >= 0.6 is 0 Å². The van der Waals surface area contributed by atoms with Gasteiger partial charge in [-0.3, -0.25) is 0 Å². The highest BCUT2D eigenvalue weighted by Gasteiger charge is 2.34. The van der Waals surface area contributed by atoms with E-state index in [2.05, 4.69) is 36.3 Å². The zero-order valence-corrected chi connectivity index (χ0v) is 13.0. The predicted octanol–water partition coefficient (Wildman–Crippen LogP) is 2.46. The molecule has 0 saturated carbocycles. The first-order valence-corrected chi connectivity index (χ1v) is 6.78. The Bertz CT molecular complexity index is 668. The van der Waals surface area contributed by atoms with E-state index in [0.717, 1.165) is 11.1 Å². The van der Waals surface area contributed by atoms with Gasteiger partial charge in [0.1, 0.15) is 0 Å². The van der Waals surface area contributed by atoms with Gasteiger partial charge in [-0.2, -0.15) is 0 Å². The second-order valence-electron chi connectivity index (χ2n) is 6.57. The quantitative estimate of drug-likeness (QED) is 0.938.